The maximum atomic E-state index is 13.1. The Labute approximate surface area is 197 Å². The van der Waals surface area contributed by atoms with Gasteiger partial charge in [0.1, 0.15) is 5.69 Å². The number of benzene rings is 3. The first-order chi connectivity index (χ1) is 17.0. The van der Waals surface area contributed by atoms with Gasteiger partial charge in [-0.25, -0.2) is 4.79 Å². The molecule has 0 atom stereocenters. The number of nitrogens with one attached hydrogen (secondary N) is 4. The van der Waals surface area contributed by atoms with Crippen LogP contribution in [0.15, 0.2) is 82.1 Å². The number of aromatic amines is 2. The van der Waals surface area contributed by atoms with E-state index in [-0.39, 0.29) is 17.4 Å². The van der Waals surface area contributed by atoms with Crippen LogP contribution >= 0.6 is 0 Å². The lowest BCUT2D eigenvalue weighted by Gasteiger charge is -2.09. The van der Waals surface area contributed by atoms with Crippen LogP contribution in [0.4, 0.5) is 11.4 Å². The number of fused-ring (bicyclic) bond motifs is 1. The summed E-state index contributed by atoms with van der Waals surface area (Å²) in [4.78, 5) is 42.5. The Morgan fingerprint density at radius 3 is 2.43 bits per heavy atom. The van der Waals surface area contributed by atoms with Crippen molar-refractivity contribution in [1.29, 1.82) is 5.26 Å². The Morgan fingerprint density at radius 2 is 1.69 bits per heavy atom. The Hall–Kier alpha value is -5.43. The van der Waals surface area contributed by atoms with Gasteiger partial charge in [-0.05, 0) is 42.5 Å². The van der Waals surface area contributed by atoms with E-state index in [1.54, 1.807) is 42.5 Å². The predicted molar refractivity (Wildman–Crippen MR) is 128 cm³/mol. The third kappa shape index (κ3) is 4.29. The number of amides is 2. The molecule has 0 aliphatic heterocycles. The number of H-pyrrole nitrogens is 2. The van der Waals surface area contributed by atoms with E-state index in [1.165, 1.54) is 18.2 Å². The van der Waals surface area contributed by atoms with Crippen LogP contribution in [0.3, 0.4) is 0 Å². The van der Waals surface area contributed by atoms with Crippen LogP contribution in [0.5, 0.6) is 0 Å². The number of nitriles is 1. The molecule has 2 amide bonds. The molecule has 0 fully saturated rings. The highest BCUT2D eigenvalue weighted by atomic mass is 16.5. The molecule has 2 heterocycles. The molecule has 0 aliphatic carbocycles. The minimum Gasteiger partial charge on any atom is -0.349 e. The second kappa shape index (κ2) is 8.84. The van der Waals surface area contributed by atoms with Gasteiger partial charge in [-0.3, -0.25) is 19.1 Å². The molecule has 0 saturated carbocycles. The maximum Gasteiger partial charge on any atom is 0.439 e. The van der Waals surface area contributed by atoms with Crippen molar-refractivity contribution in [2.24, 2.45) is 0 Å². The Balaban J connectivity index is 1.45. The zero-order chi connectivity index (χ0) is 24.4. The van der Waals surface area contributed by atoms with E-state index in [0.717, 1.165) is 5.39 Å². The molecule has 5 rings (SSSR count). The molecule has 0 aliphatic rings. The number of hydrogen-bond acceptors (Lipinski definition) is 6. The molecule has 10 nitrogen and oxygen atoms in total. The molecule has 10 heteroatoms. The highest BCUT2D eigenvalue weighted by Crippen LogP contribution is 2.28. The summed E-state index contributed by atoms with van der Waals surface area (Å²) in [6.45, 7) is 0. The second-order valence-electron chi connectivity index (χ2n) is 7.54. The Bertz CT molecular complexity index is 1670. The number of anilines is 2. The van der Waals surface area contributed by atoms with Gasteiger partial charge >= 0.3 is 5.76 Å². The predicted octanol–water partition coefficient (Wildman–Crippen LogP) is 3.89. The van der Waals surface area contributed by atoms with Crippen molar-refractivity contribution < 1.29 is 14.1 Å². The van der Waals surface area contributed by atoms with E-state index < -0.39 is 11.7 Å². The molecule has 0 radical (unpaired) electrons. The SMILES string of the molecule is N#Cc1ccc(NC(=O)c2cc3cccc(NC(=O)c4ccccc4)c3[nH]2)c(-c2noc(=O)[nH]2)c1. The van der Waals surface area contributed by atoms with Crippen molar-refractivity contribution in [3.05, 3.63) is 100 Å². The van der Waals surface area contributed by atoms with Gasteiger partial charge in [0, 0.05) is 16.5 Å². The number of carbonyl (C=O) groups excluding carboxylic acids is 2. The van der Waals surface area contributed by atoms with Crippen molar-refractivity contribution >= 4 is 34.1 Å². The van der Waals surface area contributed by atoms with E-state index in [9.17, 15) is 19.6 Å². The minimum atomic E-state index is -0.764. The smallest absolute Gasteiger partial charge is 0.349 e. The molecule has 5 aromatic rings. The Kier molecular flexibility index (Phi) is 5.41. The number of rotatable bonds is 5. The summed E-state index contributed by atoms with van der Waals surface area (Å²) in [5.74, 6) is -1.44. The van der Waals surface area contributed by atoms with E-state index in [0.29, 0.717) is 33.6 Å². The lowest BCUT2D eigenvalue weighted by molar-refractivity contribution is 0.101. The number of hydrogen-bond donors (Lipinski definition) is 4. The molecule has 0 unspecified atom stereocenters. The van der Waals surface area contributed by atoms with Gasteiger partial charge in [0.15, 0.2) is 5.82 Å². The summed E-state index contributed by atoms with van der Waals surface area (Å²) in [5, 5.41) is 19.2. The standard InChI is InChI=1S/C25H16N6O4/c26-13-14-9-10-18(17(11-14)22-30-25(34)35-31-22)28-24(33)20-12-16-7-4-8-19(21(16)27-20)29-23(32)15-5-2-1-3-6-15/h1-12,27H,(H,28,33)(H,29,32)(H,30,31,34). The van der Waals surface area contributed by atoms with Crippen LogP contribution in [-0.2, 0) is 0 Å². The van der Waals surface area contributed by atoms with Crippen LogP contribution in [0.25, 0.3) is 22.3 Å². The van der Waals surface area contributed by atoms with E-state index in [2.05, 4.69) is 30.3 Å². The van der Waals surface area contributed by atoms with Gasteiger partial charge in [0.05, 0.1) is 28.5 Å². The van der Waals surface area contributed by atoms with Gasteiger partial charge < -0.3 is 15.6 Å². The third-order valence-electron chi connectivity index (χ3n) is 5.28. The van der Waals surface area contributed by atoms with Crippen LogP contribution in [0.2, 0.25) is 0 Å². The second-order valence-corrected chi connectivity index (χ2v) is 7.54. The van der Waals surface area contributed by atoms with E-state index >= 15 is 0 Å². The maximum absolute atomic E-state index is 13.1. The van der Waals surface area contributed by atoms with Crippen LogP contribution < -0.4 is 16.4 Å². The van der Waals surface area contributed by atoms with Crippen LogP contribution in [-0.4, -0.2) is 26.9 Å². The molecule has 0 spiro atoms. The fraction of sp³-hybridized carbons (Fsp3) is 0. The largest absolute Gasteiger partial charge is 0.439 e. The first-order valence-corrected chi connectivity index (χ1v) is 10.4. The van der Waals surface area contributed by atoms with Crippen molar-refractivity contribution in [3.63, 3.8) is 0 Å². The number of aromatic nitrogens is 3. The molecule has 170 valence electrons. The molecule has 0 saturated heterocycles. The number of para-hydroxylation sites is 1. The van der Waals surface area contributed by atoms with Gasteiger partial charge in [0.2, 0.25) is 0 Å². The molecule has 35 heavy (non-hydrogen) atoms. The fourth-order valence-electron chi connectivity index (χ4n) is 3.62. The molecular weight excluding hydrogens is 448 g/mol. The molecule has 0 bridgehead atoms. The van der Waals surface area contributed by atoms with Crippen molar-refractivity contribution in [1.82, 2.24) is 15.1 Å². The summed E-state index contributed by atoms with van der Waals surface area (Å²) < 4.78 is 4.56. The summed E-state index contributed by atoms with van der Waals surface area (Å²) in [6, 6.07) is 22.3. The first-order valence-electron chi connectivity index (χ1n) is 10.4. The van der Waals surface area contributed by atoms with Gasteiger partial charge in [-0.2, -0.15) is 5.26 Å². The third-order valence-corrected chi connectivity index (χ3v) is 5.28. The molecular formula is C25H16N6O4. The van der Waals surface area contributed by atoms with Crippen molar-refractivity contribution in [2.75, 3.05) is 10.6 Å². The summed E-state index contributed by atoms with van der Waals surface area (Å²) >= 11 is 0. The van der Waals surface area contributed by atoms with Crippen molar-refractivity contribution in [2.45, 2.75) is 0 Å². The van der Waals surface area contributed by atoms with Crippen LogP contribution in [0.1, 0.15) is 26.4 Å². The van der Waals surface area contributed by atoms with E-state index in [4.69, 9.17) is 0 Å². The lowest BCUT2D eigenvalue weighted by Crippen LogP contribution is -2.14. The quantitative estimate of drug-likeness (QED) is 0.309. The lowest BCUT2D eigenvalue weighted by atomic mass is 10.1. The molecule has 4 N–H and O–H groups in total. The molecule has 3 aromatic carbocycles. The minimum absolute atomic E-state index is 0.0740. The van der Waals surface area contributed by atoms with E-state index in [1.807, 2.05) is 18.2 Å². The fourth-order valence-corrected chi connectivity index (χ4v) is 3.62. The highest BCUT2D eigenvalue weighted by molar-refractivity contribution is 6.11. The normalized spacial score (nSPS) is 10.6. The highest BCUT2D eigenvalue weighted by Gasteiger charge is 2.17. The monoisotopic (exact) mass is 464 g/mol. The average Bonchev–Trinajstić information content (AvgIpc) is 3.52. The topological polar surface area (TPSA) is 157 Å². The Morgan fingerprint density at radius 1 is 0.886 bits per heavy atom. The van der Waals surface area contributed by atoms with Gasteiger partial charge in [-0.15, -0.1) is 0 Å². The van der Waals surface area contributed by atoms with Gasteiger partial charge in [-0.1, -0.05) is 35.5 Å². The average molecular weight is 464 g/mol. The summed E-state index contributed by atoms with van der Waals surface area (Å²) in [7, 11) is 0. The zero-order valence-electron chi connectivity index (χ0n) is 18.0. The number of carbonyl (C=O) groups is 2. The first kappa shape index (κ1) is 21.4. The number of nitrogens with zero attached hydrogens (tertiary/aromatic N) is 2. The zero-order valence-corrected chi connectivity index (χ0v) is 18.0. The van der Waals surface area contributed by atoms with Crippen LogP contribution in [0, 0.1) is 11.3 Å². The summed E-state index contributed by atoms with van der Waals surface area (Å²) in [6.07, 6.45) is 0. The molecule has 2 aromatic heterocycles. The van der Waals surface area contributed by atoms with Crippen molar-refractivity contribution in [3.8, 4) is 17.5 Å². The van der Waals surface area contributed by atoms with Gasteiger partial charge in [0.25, 0.3) is 11.8 Å². The summed E-state index contributed by atoms with van der Waals surface area (Å²) in [5.41, 5.74) is 2.80.